The monoisotopic (exact) mass is 513 g/mol. The van der Waals surface area contributed by atoms with Gasteiger partial charge < -0.3 is 9.80 Å². The van der Waals surface area contributed by atoms with Crippen molar-refractivity contribution in [2.24, 2.45) is 5.92 Å². The van der Waals surface area contributed by atoms with Gasteiger partial charge in [-0.15, -0.1) is 0 Å². The summed E-state index contributed by atoms with van der Waals surface area (Å²) < 4.78 is 40.7. The quantitative estimate of drug-likeness (QED) is 0.541. The Labute approximate surface area is 213 Å². The molecule has 0 radical (unpaired) electrons. The first-order valence-corrected chi connectivity index (χ1v) is 12.5. The lowest BCUT2D eigenvalue weighted by molar-refractivity contribution is -0.138. The number of likely N-dealkylation sites (tertiary alicyclic amines) is 1. The van der Waals surface area contributed by atoms with Gasteiger partial charge in [0.2, 0.25) is 0 Å². The summed E-state index contributed by atoms with van der Waals surface area (Å²) in [5.74, 6) is 0.287. The molecule has 6 nitrogen and oxygen atoms in total. The number of pyridine rings is 1. The number of amides is 1. The lowest BCUT2D eigenvalue weighted by Gasteiger charge is -2.43. The number of carbonyl (C=O) groups excluding carboxylic acids is 1. The molecule has 1 aromatic heterocycles. The van der Waals surface area contributed by atoms with E-state index in [2.05, 4.69) is 29.1 Å². The van der Waals surface area contributed by atoms with Crippen LogP contribution in [0, 0.1) is 17.2 Å². The Balaban J connectivity index is 1.43. The number of hydrogen-bond acceptors (Lipinski definition) is 5. The Morgan fingerprint density at radius 2 is 1.83 bits per heavy atom. The van der Waals surface area contributed by atoms with Crippen molar-refractivity contribution in [1.82, 2.24) is 9.88 Å². The van der Waals surface area contributed by atoms with Gasteiger partial charge in [0.25, 0.3) is 5.91 Å². The van der Waals surface area contributed by atoms with Gasteiger partial charge in [0.05, 0.1) is 17.4 Å². The molecule has 36 heavy (non-hydrogen) atoms. The zero-order chi connectivity index (χ0) is 25.7. The fourth-order valence-electron chi connectivity index (χ4n) is 5.47. The van der Waals surface area contributed by atoms with Gasteiger partial charge in [-0.3, -0.25) is 9.69 Å². The van der Waals surface area contributed by atoms with Gasteiger partial charge in [-0.05, 0) is 101 Å². The minimum absolute atomic E-state index is 0.0796. The molecule has 3 aliphatic rings. The van der Waals surface area contributed by atoms with Gasteiger partial charge >= 0.3 is 6.18 Å². The lowest BCUT2D eigenvalue weighted by atomic mass is 9.75. The second-order valence-corrected chi connectivity index (χ2v) is 10.3. The highest BCUT2D eigenvalue weighted by Crippen LogP contribution is 2.48. The minimum atomic E-state index is -4.78. The van der Waals surface area contributed by atoms with Gasteiger partial charge in [-0.1, -0.05) is 12.1 Å². The summed E-state index contributed by atoms with van der Waals surface area (Å²) in [6.07, 6.45) is 1.61. The van der Waals surface area contributed by atoms with Crippen LogP contribution in [0.1, 0.15) is 48.9 Å². The number of nitrogens with zero attached hydrogens (tertiary/aromatic N) is 5. The second kappa shape index (κ2) is 9.12. The third kappa shape index (κ3) is 4.14. The van der Waals surface area contributed by atoms with Crippen molar-refractivity contribution in [3.63, 3.8) is 0 Å². The first-order chi connectivity index (χ1) is 17.1. The SMILES string of the molecule is CN1CCC(Cc2ccc(N3C(=S)N(c4cnc(C#N)c(C(F)(F)F)c4)C(=O)C34CCC4)cc2)CC1. The maximum Gasteiger partial charge on any atom is 0.419 e. The molecule has 0 unspecified atom stereocenters. The average Bonchev–Trinajstić information content (AvgIpc) is 3.07. The second-order valence-electron chi connectivity index (χ2n) is 9.96. The molecule has 3 heterocycles. The molecule has 0 N–H and O–H groups in total. The first-order valence-electron chi connectivity index (χ1n) is 12.1. The number of carbonyl (C=O) groups is 1. The number of benzene rings is 1. The Bertz CT molecular complexity index is 1230. The molecule has 188 valence electrons. The lowest BCUT2D eigenvalue weighted by Crippen LogP contribution is -2.55. The molecular formula is C26H26F3N5OS. The maximum atomic E-state index is 13.6. The van der Waals surface area contributed by atoms with Crippen LogP contribution >= 0.6 is 12.2 Å². The zero-order valence-corrected chi connectivity index (χ0v) is 20.7. The number of alkyl halides is 3. The number of halogens is 3. The molecule has 0 atom stereocenters. The van der Waals surface area contributed by atoms with Gasteiger partial charge in [0.1, 0.15) is 11.6 Å². The minimum Gasteiger partial charge on any atom is -0.306 e. The highest BCUT2D eigenvalue weighted by molar-refractivity contribution is 7.81. The summed E-state index contributed by atoms with van der Waals surface area (Å²) in [6.45, 7) is 2.21. The van der Waals surface area contributed by atoms with E-state index < -0.39 is 23.0 Å². The van der Waals surface area contributed by atoms with Crippen LogP contribution < -0.4 is 9.80 Å². The third-order valence-corrected chi connectivity index (χ3v) is 8.06. The van der Waals surface area contributed by atoms with E-state index in [-0.39, 0.29) is 16.7 Å². The molecule has 1 amide bonds. The predicted molar refractivity (Wildman–Crippen MR) is 133 cm³/mol. The third-order valence-electron chi connectivity index (χ3n) is 7.69. The van der Waals surface area contributed by atoms with Gasteiger partial charge in [-0.2, -0.15) is 18.4 Å². The first kappa shape index (κ1) is 24.7. The molecule has 2 saturated heterocycles. The molecule has 10 heteroatoms. The largest absolute Gasteiger partial charge is 0.419 e. The van der Waals surface area contributed by atoms with Crippen molar-refractivity contribution in [2.45, 2.75) is 50.2 Å². The Kier molecular flexibility index (Phi) is 6.25. The summed E-state index contributed by atoms with van der Waals surface area (Å²) in [4.78, 5) is 22.6. The topological polar surface area (TPSA) is 63.5 Å². The van der Waals surface area contributed by atoms with Crippen LogP contribution in [0.5, 0.6) is 0 Å². The number of hydrogen-bond donors (Lipinski definition) is 0. The van der Waals surface area contributed by atoms with Crippen LogP contribution in [0.25, 0.3) is 0 Å². The van der Waals surface area contributed by atoms with E-state index in [0.717, 1.165) is 48.8 Å². The van der Waals surface area contributed by atoms with Crippen LogP contribution in [-0.2, 0) is 17.4 Å². The highest BCUT2D eigenvalue weighted by atomic mass is 32.1. The summed E-state index contributed by atoms with van der Waals surface area (Å²) in [7, 11) is 2.14. The highest BCUT2D eigenvalue weighted by Gasteiger charge is 2.59. The molecule has 3 fully saturated rings. The average molecular weight is 514 g/mol. The summed E-state index contributed by atoms with van der Waals surface area (Å²) in [6, 6.07) is 10.3. The van der Waals surface area contributed by atoms with Crippen LogP contribution in [0.4, 0.5) is 24.5 Å². The number of thiocarbonyl (C=S) groups is 1. The number of aromatic nitrogens is 1. The van der Waals surface area contributed by atoms with Crippen molar-refractivity contribution in [3.05, 3.63) is 53.3 Å². The molecule has 2 aromatic rings. The smallest absolute Gasteiger partial charge is 0.306 e. The Hall–Kier alpha value is -3.03. The van der Waals surface area contributed by atoms with E-state index in [9.17, 15) is 18.0 Å². The van der Waals surface area contributed by atoms with E-state index in [1.807, 2.05) is 12.1 Å². The maximum absolute atomic E-state index is 13.6. The molecule has 1 spiro atoms. The molecule has 0 bridgehead atoms. The van der Waals surface area contributed by atoms with Crippen molar-refractivity contribution >= 4 is 34.6 Å². The number of piperidine rings is 1. The molecule has 1 aromatic carbocycles. The molecule has 1 saturated carbocycles. The molecule has 2 aliphatic heterocycles. The standard InChI is InChI=1S/C26H26F3N5OS/c1-32-11-7-18(8-12-32)13-17-3-5-19(6-4-17)34-24(36)33(23(35)25(34)9-2-10-25)20-14-21(26(27,28)29)22(15-30)31-16-20/h3-6,14,16,18H,2,7-13H2,1H3. The molecule has 1 aliphatic carbocycles. The molecule has 5 rings (SSSR count). The Morgan fingerprint density at radius 1 is 1.17 bits per heavy atom. The van der Waals surface area contributed by atoms with Gasteiger partial charge in [0.15, 0.2) is 10.8 Å². The number of anilines is 2. The van der Waals surface area contributed by atoms with E-state index >= 15 is 0 Å². The van der Waals surface area contributed by atoms with Crippen molar-refractivity contribution < 1.29 is 18.0 Å². The van der Waals surface area contributed by atoms with E-state index in [1.54, 1.807) is 4.90 Å². The van der Waals surface area contributed by atoms with Gasteiger partial charge in [0, 0.05) is 5.69 Å². The van der Waals surface area contributed by atoms with Crippen molar-refractivity contribution in [1.29, 1.82) is 5.26 Å². The molecular weight excluding hydrogens is 487 g/mol. The van der Waals surface area contributed by atoms with Gasteiger partial charge in [-0.25, -0.2) is 4.98 Å². The van der Waals surface area contributed by atoms with Crippen LogP contribution in [0.15, 0.2) is 36.5 Å². The summed E-state index contributed by atoms with van der Waals surface area (Å²) >= 11 is 5.68. The van der Waals surface area contributed by atoms with E-state index in [4.69, 9.17) is 17.5 Å². The fourth-order valence-corrected chi connectivity index (χ4v) is 5.94. The number of rotatable bonds is 4. The summed E-state index contributed by atoms with van der Waals surface area (Å²) in [5.41, 5.74) is -0.935. The fraction of sp³-hybridized carbons (Fsp3) is 0.462. The van der Waals surface area contributed by atoms with Crippen LogP contribution in [-0.4, -0.2) is 46.6 Å². The van der Waals surface area contributed by atoms with Crippen molar-refractivity contribution in [3.8, 4) is 6.07 Å². The Morgan fingerprint density at radius 3 is 2.39 bits per heavy atom. The van der Waals surface area contributed by atoms with Crippen LogP contribution in [0.3, 0.4) is 0 Å². The van der Waals surface area contributed by atoms with Crippen LogP contribution in [0.2, 0.25) is 0 Å². The van der Waals surface area contributed by atoms with E-state index in [0.29, 0.717) is 18.8 Å². The summed E-state index contributed by atoms with van der Waals surface area (Å²) in [5, 5.41) is 9.20. The predicted octanol–water partition coefficient (Wildman–Crippen LogP) is 4.92. The van der Waals surface area contributed by atoms with Crippen molar-refractivity contribution in [2.75, 3.05) is 29.9 Å². The van der Waals surface area contributed by atoms with E-state index in [1.165, 1.54) is 24.5 Å². The normalized spacial score (nSPS) is 20.6. The number of nitriles is 1. The zero-order valence-electron chi connectivity index (χ0n) is 19.9.